The van der Waals surface area contributed by atoms with Crippen molar-refractivity contribution in [1.82, 2.24) is 0 Å². The Morgan fingerprint density at radius 3 is 2.30 bits per heavy atom. The van der Waals surface area contributed by atoms with E-state index in [0.717, 1.165) is 17.8 Å². The lowest BCUT2D eigenvalue weighted by Crippen LogP contribution is -2.22. The Kier molecular flexibility index (Phi) is 5.26. The first-order valence-electron chi connectivity index (χ1n) is 6.73. The van der Waals surface area contributed by atoms with E-state index in [1.807, 2.05) is 30.3 Å². The molecule has 0 fully saturated rings. The minimum absolute atomic E-state index is 0.146. The highest BCUT2D eigenvalue weighted by atomic mass is 19.4. The van der Waals surface area contributed by atoms with Crippen LogP contribution in [0.1, 0.15) is 11.1 Å². The number of aliphatic imine (C=N–C) groups is 1. The van der Waals surface area contributed by atoms with Gasteiger partial charge >= 0.3 is 6.18 Å². The molecule has 6 heteroatoms. The van der Waals surface area contributed by atoms with Gasteiger partial charge in [-0.05, 0) is 36.4 Å². The third-order valence-electron chi connectivity index (χ3n) is 2.82. The van der Waals surface area contributed by atoms with Crippen LogP contribution in [0.5, 0.6) is 0 Å². The van der Waals surface area contributed by atoms with Gasteiger partial charge in [-0.25, -0.2) is 4.99 Å². The molecule has 0 radical (unpaired) electrons. The summed E-state index contributed by atoms with van der Waals surface area (Å²) in [4.78, 5) is 4.02. The smallest absolute Gasteiger partial charge is 0.370 e. The lowest BCUT2D eigenvalue weighted by Gasteiger charge is -2.05. The summed E-state index contributed by atoms with van der Waals surface area (Å²) in [5, 5.41) is 2.90. The molecule has 0 aromatic heterocycles. The van der Waals surface area contributed by atoms with Crippen LogP contribution in [0.4, 0.5) is 18.9 Å². The van der Waals surface area contributed by atoms with Crippen LogP contribution in [0.2, 0.25) is 0 Å². The van der Waals surface area contributed by atoms with E-state index in [2.05, 4.69) is 22.2 Å². The van der Waals surface area contributed by atoms with Gasteiger partial charge in [-0.1, -0.05) is 30.0 Å². The average Bonchev–Trinajstić information content (AvgIpc) is 2.52. The second-order valence-corrected chi connectivity index (χ2v) is 4.57. The van der Waals surface area contributed by atoms with Gasteiger partial charge in [0.15, 0.2) is 5.96 Å². The monoisotopic (exact) mass is 317 g/mol. The fourth-order valence-corrected chi connectivity index (χ4v) is 1.72. The molecule has 3 N–H and O–H groups in total. The second-order valence-electron chi connectivity index (χ2n) is 4.57. The maximum atomic E-state index is 12.4. The molecule has 0 saturated carbocycles. The lowest BCUT2D eigenvalue weighted by atomic mass is 10.1. The van der Waals surface area contributed by atoms with Crippen molar-refractivity contribution in [3.05, 3.63) is 65.7 Å². The van der Waals surface area contributed by atoms with Crippen LogP contribution in [-0.4, -0.2) is 12.5 Å². The highest BCUT2D eigenvalue weighted by molar-refractivity contribution is 5.92. The Balaban J connectivity index is 1.91. The summed E-state index contributed by atoms with van der Waals surface area (Å²) < 4.78 is 37.3. The van der Waals surface area contributed by atoms with Gasteiger partial charge in [-0.15, -0.1) is 0 Å². The average molecular weight is 317 g/mol. The molecule has 2 aromatic carbocycles. The molecular weight excluding hydrogens is 303 g/mol. The highest BCUT2D eigenvalue weighted by Gasteiger charge is 2.29. The molecule has 0 aliphatic rings. The van der Waals surface area contributed by atoms with Gasteiger partial charge in [0.05, 0.1) is 5.56 Å². The fourth-order valence-electron chi connectivity index (χ4n) is 1.72. The van der Waals surface area contributed by atoms with Crippen LogP contribution in [0.15, 0.2) is 59.6 Å². The van der Waals surface area contributed by atoms with Crippen LogP contribution in [0, 0.1) is 11.8 Å². The number of anilines is 1. The molecule has 0 unspecified atom stereocenters. The van der Waals surface area contributed by atoms with Gasteiger partial charge in [0.25, 0.3) is 0 Å². The van der Waals surface area contributed by atoms with Crippen LogP contribution >= 0.6 is 0 Å². The van der Waals surface area contributed by atoms with Crippen LogP contribution in [-0.2, 0) is 6.18 Å². The first-order chi connectivity index (χ1) is 10.9. The van der Waals surface area contributed by atoms with Crippen LogP contribution in [0.3, 0.4) is 0 Å². The summed E-state index contributed by atoms with van der Waals surface area (Å²) in [5.41, 5.74) is 6.30. The molecule has 0 spiro atoms. The van der Waals surface area contributed by atoms with E-state index >= 15 is 0 Å². The zero-order valence-corrected chi connectivity index (χ0v) is 12.1. The maximum Gasteiger partial charge on any atom is 0.416 e. The summed E-state index contributed by atoms with van der Waals surface area (Å²) in [6, 6.07) is 13.9. The number of nitrogens with zero attached hydrogens (tertiary/aromatic N) is 1. The Bertz CT molecular complexity index is 724. The standard InChI is InChI=1S/C17H14F3N3/c18-17(19,20)14-10-8-13(9-11-14)5-4-12-22-16(21)23-15-6-2-1-3-7-15/h1-3,6-11H,12H2,(H3,21,22,23). The van der Waals surface area contributed by atoms with Gasteiger partial charge in [0, 0.05) is 11.3 Å². The van der Waals surface area contributed by atoms with Gasteiger partial charge in [0.1, 0.15) is 6.54 Å². The quantitative estimate of drug-likeness (QED) is 0.506. The molecule has 2 rings (SSSR count). The predicted molar refractivity (Wildman–Crippen MR) is 84.9 cm³/mol. The number of hydrogen-bond acceptors (Lipinski definition) is 1. The number of nitrogens with two attached hydrogens (primary N) is 1. The number of rotatable bonds is 2. The summed E-state index contributed by atoms with van der Waals surface area (Å²) in [5.74, 6) is 5.69. The van der Waals surface area contributed by atoms with Gasteiger partial charge in [-0.3, -0.25) is 0 Å². The molecule has 0 aliphatic carbocycles. The van der Waals surface area contributed by atoms with E-state index in [4.69, 9.17) is 5.73 Å². The molecular formula is C17H14F3N3. The minimum atomic E-state index is -4.34. The largest absolute Gasteiger partial charge is 0.416 e. The summed E-state index contributed by atoms with van der Waals surface area (Å²) in [6.07, 6.45) is -4.34. The van der Waals surface area contributed by atoms with Crippen molar-refractivity contribution in [2.75, 3.05) is 11.9 Å². The number of benzene rings is 2. The van der Waals surface area contributed by atoms with Gasteiger partial charge in [0.2, 0.25) is 0 Å². The lowest BCUT2D eigenvalue weighted by molar-refractivity contribution is -0.137. The van der Waals surface area contributed by atoms with Crippen molar-refractivity contribution in [2.45, 2.75) is 6.18 Å². The molecule has 0 saturated heterocycles. The molecule has 2 aromatic rings. The van der Waals surface area contributed by atoms with E-state index in [1.54, 1.807) is 0 Å². The molecule has 0 atom stereocenters. The van der Waals surface area contributed by atoms with Crippen molar-refractivity contribution in [2.24, 2.45) is 10.7 Å². The Morgan fingerprint density at radius 1 is 1.04 bits per heavy atom. The molecule has 0 bridgehead atoms. The van der Waals surface area contributed by atoms with E-state index in [-0.39, 0.29) is 12.5 Å². The summed E-state index contributed by atoms with van der Waals surface area (Å²) in [6.45, 7) is 0.146. The second kappa shape index (κ2) is 7.36. The number of nitrogens with one attached hydrogen (secondary N) is 1. The summed E-state index contributed by atoms with van der Waals surface area (Å²) >= 11 is 0. The van der Waals surface area contributed by atoms with E-state index < -0.39 is 11.7 Å². The fraction of sp³-hybridized carbons (Fsp3) is 0.118. The highest BCUT2D eigenvalue weighted by Crippen LogP contribution is 2.28. The van der Waals surface area contributed by atoms with Gasteiger partial charge < -0.3 is 11.1 Å². The minimum Gasteiger partial charge on any atom is -0.370 e. The predicted octanol–water partition coefficient (Wildman–Crippen LogP) is 3.48. The molecule has 0 aliphatic heterocycles. The number of alkyl halides is 3. The maximum absolute atomic E-state index is 12.4. The zero-order chi connectivity index (χ0) is 16.7. The first-order valence-corrected chi connectivity index (χ1v) is 6.73. The van der Waals surface area contributed by atoms with E-state index in [1.165, 1.54) is 12.1 Å². The van der Waals surface area contributed by atoms with Crippen molar-refractivity contribution in [3.8, 4) is 11.8 Å². The van der Waals surface area contributed by atoms with E-state index in [9.17, 15) is 13.2 Å². The third kappa shape index (κ3) is 5.40. The topological polar surface area (TPSA) is 50.4 Å². The molecule has 23 heavy (non-hydrogen) atoms. The number of guanidine groups is 1. The SMILES string of the molecule is NC(=NCC#Cc1ccc(C(F)(F)F)cc1)Nc1ccccc1. The third-order valence-corrected chi connectivity index (χ3v) is 2.82. The summed E-state index contributed by atoms with van der Waals surface area (Å²) in [7, 11) is 0. The number of para-hydroxylation sites is 1. The Hall–Kier alpha value is -2.94. The van der Waals surface area contributed by atoms with Crippen molar-refractivity contribution in [1.29, 1.82) is 0 Å². The normalized spacial score (nSPS) is 11.5. The van der Waals surface area contributed by atoms with E-state index in [0.29, 0.717) is 5.56 Å². The molecule has 3 nitrogen and oxygen atoms in total. The zero-order valence-electron chi connectivity index (χ0n) is 12.1. The van der Waals surface area contributed by atoms with Crippen molar-refractivity contribution >= 4 is 11.6 Å². The molecule has 118 valence electrons. The Morgan fingerprint density at radius 2 is 1.70 bits per heavy atom. The first kappa shape index (κ1) is 16.4. The number of hydrogen-bond donors (Lipinski definition) is 2. The Labute approximate surface area is 132 Å². The van der Waals surface area contributed by atoms with Crippen LogP contribution < -0.4 is 11.1 Å². The number of halogens is 3. The van der Waals surface area contributed by atoms with Crippen LogP contribution in [0.25, 0.3) is 0 Å². The van der Waals surface area contributed by atoms with Crippen molar-refractivity contribution in [3.63, 3.8) is 0 Å². The molecule has 0 heterocycles. The van der Waals surface area contributed by atoms with Gasteiger partial charge in [-0.2, -0.15) is 13.2 Å². The van der Waals surface area contributed by atoms with Crippen molar-refractivity contribution < 1.29 is 13.2 Å². The molecule has 0 amide bonds.